The molecule has 0 N–H and O–H groups in total. The van der Waals surface area contributed by atoms with E-state index in [-0.39, 0.29) is 0 Å². The largest absolute Gasteiger partial charge is 0.434 e. The lowest BCUT2D eigenvalue weighted by molar-refractivity contribution is 0.265. The smallest absolute Gasteiger partial charge is 0.397 e. The molecule has 0 saturated heterocycles. The second kappa shape index (κ2) is 9.61. The number of rotatable bonds is 10. The van der Waals surface area contributed by atoms with Crippen molar-refractivity contribution in [2.75, 3.05) is 26.2 Å². The molecule has 1 aromatic heterocycles. The summed E-state index contributed by atoms with van der Waals surface area (Å²) >= 11 is 6.08. The van der Waals surface area contributed by atoms with Crippen LogP contribution in [0.4, 0.5) is 0 Å². The maximum atomic E-state index is 13.8. The van der Waals surface area contributed by atoms with E-state index in [9.17, 15) is 4.57 Å². The molecule has 0 aliphatic rings. The van der Waals surface area contributed by atoms with Crippen LogP contribution < -0.4 is 4.52 Å². The first-order valence-corrected chi connectivity index (χ1v) is 11.0. The maximum Gasteiger partial charge on any atom is 0.397 e. The quantitative estimate of drug-likeness (QED) is 0.481. The third kappa shape index (κ3) is 4.72. The molecular formula is C19H28ClN2O3P. The predicted octanol–water partition coefficient (Wildman–Crippen LogP) is 5.69. The minimum absolute atomic E-state index is 0.312. The van der Waals surface area contributed by atoms with Crippen molar-refractivity contribution in [2.45, 2.75) is 34.1 Å². The first-order valence-electron chi connectivity index (χ1n) is 9.09. The Hall–Kier alpha value is -1.26. The standard InChI is InChI=1S/C19H28ClN2O3P/c1-5-21(6-2)26(23,22(7-3)8-4)25-19-17(12-13-24-19)14-16-10-9-11-18(20)15-16/h9-13,15H,5-8,14H2,1-4H3. The molecule has 0 amide bonds. The van der Waals surface area contributed by atoms with E-state index in [4.69, 9.17) is 20.5 Å². The van der Waals surface area contributed by atoms with E-state index in [0.717, 1.165) is 11.1 Å². The second-order valence-electron chi connectivity index (χ2n) is 5.90. The Morgan fingerprint density at radius 2 is 1.65 bits per heavy atom. The average Bonchev–Trinajstić information content (AvgIpc) is 3.03. The molecule has 0 unspecified atom stereocenters. The molecule has 0 aliphatic heterocycles. The van der Waals surface area contributed by atoms with Gasteiger partial charge in [-0.2, -0.15) is 0 Å². The Balaban J connectivity index is 2.32. The van der Waals surface area contributed by atoms with Crippen molar-refractivity contribution in [3.05, 3.63) is 52.7 Å². The number of benzene rings is 1. The molecule has 7 heteroatoms. The van der Waals surface area contributed by atoms with Crippen LogP contribution in [0.3, 0.4) is 0 Å². The van der Waals surface area contributed by atoms with Crippen molar-refractivity contribution in [3.63, 3.8) is 0 Å². The van der Waals surface area contributed by atoms with Crippen molar-refractivity contribution < 1.29 is 13.5 Å². The monoisotopic (exact) mass is 398 g/mol. The van der Waals surface area contributed by atoms with E-state index in [1.807, 2.05) is 67.4 Å². The normalized spacial score (nSPS) is 12.1. The van der Waals surface area contributed by atoms with Gasteiger partial charge in [0.25, 0.3) is 5.95 Å². The molecule has 1 heterocycles. The van der Waals surface area contributed by atoms with Crippen LogP contribution in [0.5, 0.6) is 5.95 Å². The van der Waals surface area contributed by atoms with Crippen molar-refractivity contribution in [1.82, 2.24) is 9.34 Å². The minimum Gasteiger partial charge on any atom is -0.434 e. The summed E-state index contributed by atoms with van der Waals surface area (Å²) in [4.78, 5) is 0. The highest BCUT2D eigenvalue weighted by atomic mass is 35.5. The summed E-state index contributed by atoms with van der Waals surface area (Å²) < 4.78 is 29.2. The van der Waals surface area contributed by atoms with Gasteiger partial charge in [-0.05, 0) is 23.8 Å². The minimum atomic E-state index is -3.22. The summed E-state index contributed by atoms with van der Waals surface area (Å²) in [5, 5.41) is 0.686. The molecule has 0 spiro atoms. The summed E-state index contributed by atoms with van der Waals surface area (Å²) in [7, 11) is -3.22. The van der Waals surface area contributed by atoms with E-state index < -0.39 is 7.67 Å². The van der Waals surface area contributed by atoms with E-state index in [0.29, 0.717) is 43.6 Å². The van der Waals surface area contributed by atoms with Crippen LogP contribution in [-0.2, 0) is 11.0 Å². The van der Waals surface area contributed by atoms with E-state index in [1.165, 1.54) is 0 Å². The van der Waals surface area contributed by atoms with E-state index in [1.54, 1.807) is 6.26 Å². The average molecular weight is 399 g/mol. The number of nitrogens with zero attached hydrogens (tertiary/aromatic N) is 2. The number of hydrogen-bond acceptors (Lipinski definition) is 3. The maximum absolute atomic E-state index is 13.8. The van der Waals surface area contributed by atoms with Crippen molar-refractivity contribution in [2.24, 2.45) is 0 Å². The molecule has 5 nitrogen and oxygen atoms in total. The Morgan fingerprint density at radius 1 is 1.04 bits per heavy atom. The lowest BCUT2D eigenvalue weighted by atomic mass is 10.1. The molecule has 144 valence electrons. The van der Waals surface area contributed by atoms with Gasteiger partial charge in [0.15, 0.2) is 0 Å². The zero-order valence-electron chi connectivity index (χ0n) is 15.9. The van der Waals surface area contributed by atoms with Crippen LogP contribution in [0.15, 0.2) is 41.0 Å². The molecule has 2 aromatic rings. The third-order valence-electron chi connectivity index (χ3n) is 4.37. The molecule has 0 bridgehead atoms. The highest BCUT2D eigenvalue weighted by Crippen LogP contribution is 2.54. The summed E-state index contributed by atoms with van der Waals surface area (Å²) in [5.74, 6) is 0.312. The Bertz CT molecular complexity index is 726. The first-order chi connectivity index (χ1) is 12.5. The first kappa shape index (κ1) is 21.0. The van der Waals surface area contributed by atoms with Gasteiger partial charge in [-0.1, -0.05) is 51.4 Å². The van der Waals surface area contributed by atoms with Gasteiger partial charge in [-0.15, -0.1) is 0 Å². The molecule has 0 saturated carbocycles. The Labute approximate surface area is 161 Å². The molecular weight excluding hydrogens is 371 g/mol. The van der Waals surface area contributed by atoms with Gasteiger partial charge in [0.2, 0.25) is 0 Å². The fourth-order valence-corrected chi connectivity index (χ4v) is 5.57. The van der Waals surface area contributed by atoms with Gasteiger partial charge in [0, 0.05) is 43.2 Å². The van der Waals surface area contributed by atoms with Crippen LogP contribution in [0.2, 0.25) is 5.02 Å². The van der Waals surface area contributed by atoms with Gasteiger partial charge in [0.1, 0.15) is 0 Å². The molecule has 0 aliphatic carbocycles. The summed E-state index contributed by atoms with van der Waals surface area (Å²) in [6.45, 7) is 10.5. The van der Waals surface area contributed by atoms with Gasteiger partial charge < -0.3 is 8.94 Å². The van der Waals surface area contributed by atoms with Crippen LogP contribution in [0, 0.1) is 0 Å². The summed E-state index contributed by atoms with van der Waals surface area (Å²) in [6, 6.07) is 9.51. The lowest BCUT2D eigenvalue weighted by Crippen LogP contribution is -2.34. The topological polar surface area (TPSA) is 45.9 Å². The zero-order valence-corrected chi connectivity index (χ0v) is 17.6. The van der Waals surface area contributed by atoms with Gasteiger partial charge in [0.05, 0.1) is 6.26 Å². The summed E-state index contributed by atoms with van der Waals surface area (Å²) in [6.07, 6.45) is 2.17. The van der Waals surface area contributed by atoms with Crippen molar-refractivity contribution in [3.8, 4) is 5.95 Å². The SMILES string of the molecule is CCN(CC)P(=O)(Oc1occc1Cc1cccc(Cl)c1)N(CC)CC. The molecule has 26 heavy (non-hydrogen) atoms. The third-order valence-corrected chi connectivity index (χ3v) is 7.57. The van der Waals surface area contributed by atoms with Crippen LogP contribution >= 0.6 is 19.3 Å². The number of hydrogen-bond donors (Lipinski definition) is 0. The van der Waals surface area contributed by atoms with Crippen LogP contribution in [0.25, 0.3) is 0 Å². The Morgan fingerprint density at radius 3 is 2.19 bits per heavy atom. The fraction of sp³-hybridized carbons (Fsp3) is 0.474. The van der Waals surface area contributed by atoms with E-state index >= 15 is 0 Å². The van der Waals surface area contributed by atoms with Crippen LogP contribution in [0.1, 0.15) is 38.8 Å². The highest BCUT2D eigenvalue weighted by molar-refractivity contribution is 7.54. The molecule has 0 radical (unpaired) electrons. The second-order valence-corrected chi connectivity index (χ2v) is 8.63. The van der Waals surface area contributed by atoms with Gasteiger partial charge in [-0.25, -0.2) is 13.9 Å². The van der Waals surface area contributed by atoms with Crippen molar-refractivity contribution in [1.29, 1.82) is 0 Å². The Kier molecular flexibility index (Phi) is 7.78. The van der Waals surface area contributed by atoms with Crippen LogP contribution in [-0.4, -0.2) is 35.5 Å². The molecule has 0 fully saturated rings. The predicted molar refractivity (Wildman–Crippen MR) is 107 cm³/mol. The zero-order chi connectivity index (χ0) is 19.2. The van der Waals surface area contributed by atoms with Crippen molar-refractivity contribution >= 4 is 19.3 Å². The van der Waals surface area contributed by atoms with E-state index in [2.05, 4.69) is 0 Å². The fourth-order valence-electron chi connectivity index (χ4n) is 2.96. The number of halogens is 1. The highest BCUT2D eigenvalue weighted by Gasteiger charge is 2.38. The molecule has 0 atom stereocenters. The van der Waals surface area contributed by atoms with Gasteiger partial charge >= 0.3 is 7.67 Å². The molecule has 2 rings (SSSR count). The lowest BCUT2D eigenvalue weighted by Gasteiger charge is -2.35. The molecule has 1 aromatic carbocycles. The van der Waals surface area contributed by atoms with Gasteiger partial charge in [-0.3, -0.25) is 0 Å². The summed E-state index contributed by atoms with van der Waals surface area (Å²) in [5.41, 5.74) is 1.90. The number of furan rings is 1.